The average molecular weight is 250 g/mol. The van der Waals surface area contributed by atoms with E-state index in [4.69, 9.17) is 11.6 Å². The van der Waals surface area contributed by atoms with Gasteiger partial charge in [0.15, 0.2) is 0 Å². The fourth-order valence-electron chi connectivity index (χ4n) is 1.14. The standard InChI is InChI=1S/C11H11ClF3N/c1-16-6-2-3-8-4-5-9(7-10(8)12)11(13,14)15/h2-5,7,16H,6H2,1H3. The molecule has 1 N–H and O–H groups in total. The molecule has 0 aliphatic carbocycles. The maximum Gasteiger partial charge on any atom is 0.416 e. The summed E-state index contributed by atoms with van der Waals surface area (Å²) in [4.78, 5) is 0. The van der Waals surface area contributed by atoms with E-state index in [-0.39, 0.29) is 5.02 Å². The van der Waals surface area contributed by atoms with Crippen LogP contribution in [0.5, 0.6) is 0 Å². The zero-order valence-electron chi connectivity index (χ0n) is 8.61. The van der Waals surface area contributed by atoms with Gasteiger partial charge in [-0.25, -0.2) is 0 Å². The number of nitrogens with one attached hydrogen (secondary N) is 1. The van der Waals surface area contributed by atoms with Crippen LogP contribution >= 0.6 is 11.6 Å². The van der Waals surface area contributed by atoms with Crippen LogP contribution in [0, 0.1) is 0 Å². The van der Waals surface area contributed by atoms with Gasteiger partial charge in [0.1, 0.15) is 0 Å². The molecule has 88 valence electrons. The Balaban J connectivity index is 2.92. The monoisotopic (exact) mass is 249 g/mol. The third kappa shape index (κ3) is 3.54. The molecule has 1 rings (SSSR count). The Morgan fingerprint density at radius 1 is 1.38 bits per heavy atom. The van der Waals surface area contributed by atoms with Gasteiger partial charge in [-0.2, -0.15) is 13.2 Å². The molecule has 0 atom stereocenters. The van der Waals surface area contributed by atoms with Crippen molar-refractivity contribution in [2.45, 2.75) is 6.18 Å². The van der Waals surface area contributed by atoms with E-state index in [0.717, 1.165) is 12.1 Å². The second-order valence-corrected chi connectivity index (χ2v) is 3.60. The molecule has 0 aliphatic heterocycles. The summed E-state index contributed by atoms with van der Waals surface area (Å²) >= 11 is 5.74. The number of hydrogen-bond acceptors (Lipinski definition) is 1. The van der Waals surface area contributed by atoms with Crippen LogP contribution in [-0.4, -0.2) is 13.6 Å². The van der Waals surface area contributed by atoms with Crippen molar-refractivity contribution in [2.75, 3.05) is 13.6 Å². The van der Waals surface area contributed by atoms with E-state index in [1.165, 1.54) is 6.07 Å². The predicted octanol–water partition coefficient (Wildman–Crippen LogP) is 3.59. The molecule has 5 heteroatoms. The molecule has 0 amide bonds. The number of alkyl halides is 3. The maximum absolute atomic E-state index is 12.3. The maximum atomic E-state index is 12.3. The lowest BCUT2D eigenvalue weighted by Crippen LogP contribution is -2.05. The highest BCUT2D eigenvalue weighted by molar-refractivity contribution is 6.32. The zero-order valence-corrected chi connectivity index (χ0v) is 9.36. The first-order valence-electron chi connectivity index (χ1n) is 4.63. The molecule has 0 bridgehead atoms. The van der Waals surface area contributed by atoms with Gasteiger partial charge in [0.05, 0.1) is 5.56 Å². The Labute approximate surface area is 96.9 Å². The summed E-state index contributed by atoms with van der Waals surface area (Å²) in [5.74, 6) is 0. The quantitative estimate of drug-likeness (QED) is 0.863. The third-order valence-electron chi connectivity index (χ3n) is 1.95. The highest BCUT2D eigenvalue weighted by atomic mass is 35.5. The molecule has 0 saturated carbocycles. The van der Waals surface area contributed by atoms with Gasteiger partial charge in [-0.05, 0) is 24.7 Å². The summed E-state index contributed by atoms with van der Waals surface area (Å²) in [7, 11) is 1.78. The SMILES string of the molecule is CNCC=Cc1ccc(C(F)(F)F)cc1Cl. The first-order valence-corrected chi connectivity index (χ1v) is 5.01. The Bertz CT molecular complexity index is 385. The number of likely N-dealkylation sites (N-methyl/N-ethyl adjacent to an activating group) is 1. The van der Waals surface area contributed by atoms with Crippen molar-refractivity contribution >= 4 is 17.7 Å². The van der Waals surface area contributed by atoms with Gasteiger partial charge in [-0.1, -0.05) is 29.8 Å². The Kier molecular flexibility index (Phi) is 4.38. The minimum absolute atomic E-state index is 0.0992. The number of halogens is 4. The number of hydrogen-bond donors (Lipinski definition) is 1. The Morgan fingerprint density at radius 3 is 2.56 bits per heavy atom. The molecule has 0 aromatic heterocycles. The first kappa shape index (κ1) is 13.1. The van der Waals surface area contributed by atoms with Crippen molar-refractivity contribution in [1.29, 1.82) is 0 Å². The van der Waals surface area contributed by atoms with E-state index < -0.39 is 11.7 Å². The highest BCUT2D eigenvalue weighted by Gasteiger charge is 2.30. The lowest BCUT2D eigenvalue weighted by atomic mass is 10.1. The third-order valence-corrected chi connectivity index (χ3v) is 2.27. The molecule has 1 aromatic rings. The highest BCUT2D eigenvalue weighted by Crippen LogP contribution is 2.32. The summed E-state index contributed by atoms with van der Waals surface area (Å²) in [6.45, 7) is 0.636. The fourth-order valence-corrected chi connectivity index (χ4v) is 1.39. The van der Waals surface area contributed by atoms with Crippen LogP contribution in [-0.2, 0) is 6.18 Å². The van der Waals surface area contributed by atoms with Crippen LogP contribution in [0.3, 0.4) is 0 Å². The molecule has 0 fully saturated rings. The van der Waals surface area contributed by atoms with Crippen LogP contribution in [0.2, 0.25) is 5.02 Å². The minimum atomic E-state index is -4.35. The van der Waals surface area contributed by atoms with Crippen LogP contribution in [0.4, 0.5) is 13.2 Å². The molecule has 0 radical (unpaired) electrons. The topological polar surface area (TPSA) is 12.0 Å². The molecular formula is C11H11ClF3N. The van der Waals surface area contributed by atoms with Gasteiger partial charge in [0.25, 0.3) is 0 Å². The lowest BCUT2D eigenvalue weighted by Gasteiger charge is -2.07. The molecule has 0 unspecified atom stereocenters. The van der Waals surface area contributed by atoms with Crippen molar-refractivity contribution in [3.8, 4) is 0 Å². The van der Waals surface area contributed by atoms with E-state index in [2.05, 4.69) is 5.32 Å². The second kappa shape index (κ2) is 5.37. The lowest BCUT2D eigenvalue weighted by molar-refractivity contribution is -0.137. The minimum Gasteiger partial charge on any atom is -0.316 e. The smallest absolute Gasteiger partial charge is 0.316 e. The van der Waals surface area contributed by atoms with Crippen molar-refractivity contribution in [2.24, 2.45) is 0 Å². The van der Waals surface area contributed by atoms with Crippen LogP contribution in [0.15, 0.2) is 24.3 Å². The van der Waals surface area contributed by atoms with Crippen LogP contribution < -0.4 is 5.32 Å². The molecule has 16 heavy (non-hydrogen) atoms. The van der Waals surface area contributed by atoms with E-state index in [9.17, 15) is 13.2 Å². The van der Waals surface area contributed by atoms with Gasteiger partial charge in [-0.3, -0.25) is 0 Å². The summed E-state index contributed by atoms with van der Waals surface area (Å²) in [6.07, 6.45) is -0.885. The van der Waals surface area contributed by atoms with E-state index in [1.807, 2.05) is 0 Å². The predicted molar refractivity (Wildman–Crippen MR) is 59.4 cm³/mol. The summed E-state index contributed by atoms with van der Waals surface area (Å²) in [6, 6.07) is 3.31. The summed E-state index contributed by atoms with van der Waals surface area (Å²) in [5.41, 5.74) is -0.159. The Hall–Kier alpha value is -1.00. The molecular weight excluding hydrogens is 239 g/mol. The van der Waals surface area contributed by atoms with Gasteiger partial charge < -0.3 is 5.32 Å². The molecule has 1 nitrogen and oxygen atoms in total. The molecule has 0 aliphatic rings. The van der Waals surface area contributed by atoms with Crippen molar-refractivity contribution in [3.63, 3.8) is 0 Å². The molecule has 0 spiro atoms. The Morgan fingerprint density at radius 2 is 2.06 bits per heavy atom. The van der Waals surface area contributed by atoms with Crippen LogP contribution in [0.25, 0.3) is 6.08 Å². The van der Waals surface area contributed by atoms with Crippen LogP contribution in [0.1, 0.15) is 11.1 Å². The van der Waals surface area contributed by atoms with Gasteiger partial charge in [0, 0.05) is 11.6 Å². The fraction of sp³-hybridized carbons (Fsp3) is 0.273. The first-order chi connectivity index (χ1) is 7.45. The molecule has 1 aromatic carbocycles. The summed E-state index contributed by atoms with van der Waals surface area (Å²) in [5, 5.41) is 2.98. The van der Waals surface area contributed by atoms with Crippen molar-refractivity contribution in [1.82, 2.24) is 5.32 Å². The van der Waals surface area contributed by atoms with E-state index >= 15 is 0 Å². The largest absolute Gasteiger partial charge is 0.416 e. The van der Waals surface area contributed by atoms with Gasteiger partial charge in [0.2, 0.25) is 0 Å². The second-order valence-electron chi connectivity index (χ2n) is 3.19. The number of benzene rings is 1. The van der Waals surface area contributed by atoms with E-state index in [0.29, 0.717) is 12.1 Å². The number of rotatable bonds is 3. The average Bonchev–Trinajstić information content (AvgIpc) is 2.19. The van der Waals surface area contributed by atoms with Gasteiger partial charge in [-0.15, -0.1) is 0 Å². The van der Waals surface area contributed by atoms with Crippen molar-refractivity contribution < 1.29 is 13.2 Å². The van der Waals surface area contributed by atoms with Crippen molar-refractivity contribution in [3.05, 3.63) is 40.4 Å². The normalized spacial score (nSPS) is 12.3. The zero-order chi connectivity index (χ0) is 12.2. The molecule has 0 saturated heterocycles. The van der Waals surface area contributed by atoms with Gasteiger partial charge >= 0.3 is 6.18 Å². The van der Waals surface area contributed by atoms with E-state index in [1.54, 1.807) is 19.2 Å². The summed E-state index contributed by atoms with van der Waals surface area (Å²) < 4.78 is 37.0. The molecule has 0 heterocycles.